The molecule has 2 N–H and O–H groups in total. The average Bonchev–Trinajstić information content (AvgIpc) is 2.16. The molecule has 0 radical (unpaired) electrons. The van der Waals surface area contributed by atoms with Crippen LogP contribution in [0.3, 0.4) is 0 Å². The minimum Gasteiger partial charge on any atom is -0.374 e. The molecule has 0 saturated heterocycles. The Hall–Kier alpha value is -1.65. The van der Waals surface area contributed by atoms with E-state index in [1.54, 1.807) is 0 Å². The van der Waals surface area contributed by atoms with Crippen molar-refractivity contribution in [3.05, 3.63) is 29.8 Å². The van der Waals surface area contributed by atoms with Crippen LogP contribution in [-0.4, -0.2) is 19.5 Å². The third-order valence-electron chi connectivity index (χ3n) is 1.65. The third kappa shape index (κ3) is 2.69. The van der Waals surface area contributed by atoms with Crippen molar-refractivity contribution in [1.82, 2.24) is 5.32 Å². The summed E-state index contributed by atoms with van der Waals surface area (Å²) in [5, 5.41) is 4.91. The van der Waals surface area contributed by atoms with E-state index in [2.05, 4.69) is 10.6 Å². The zero-order valence-corrected chi connectivity index (χ0v) is 7.60. The lowest BCUT2D eigenvalue weighted by Gasteiger charge is -2.05. The van der Waals surface area contributed by atoms with Crippen molar-refractivity contribution < 1.29 is 13.6 Å². The second-order valence-electron chi connectivity index (χ2n) is 2.65. The predicted molar refractivity (Wildman–Crippen MR) is 48.9 cm³/mol. The van der Waals surface area contributed by atoms with Gasteiger partial charge >= 0.3 is 0 Å². The summed E-state index contributed by atoms with van der Waals surface area (Å²) in [5.41, 5.74) is 0.106. The Bertz CT molecular complexity index is 342. The van der Waals surface area contributed by atoms with Gasteiger partial charge in [-0.2, -0.15) is 0 Å². The number of likely N-dealkylation sites (N-methyl/N-ethyl adjacent to an activating group) is 1. The molecule has 0 bridgehead atoms. The van der Waals surface area contributed by atoms with Crippen LogP contribution in [0.2, 0.25) is 0 Å². The zero-order valence-electron chi connectivity index (χ0n) is 7.60. The molecule has 1 aromatic rings. The van der Waals surface area contributed by atoms with Gasteiger partial charge in [-0.05, 0) is 12.1 Å². The number of hydrogen-bond donors (Lipinski definition) is 2. The Labute approximate surface area is 80.1 Å². The van der Waals surface area contributed by atoms with Crippen LogP contribution in [0.5, 0.6) is 0 Å². The summed E-state index contributed by atoms with van der Waals surface area (Å²) in [6.45, 7) is -0.0426. The van der Waals surface area contributed by atoms with Crippen molar-refractivity contribution in [2.75, 3.05) is 18.9 Å². The SMILES string of the molecule is CNC(=O)CNc1ccc(F)cc1F. The monoisotopic (exact) mass is 200 g/mol. The Morgan fingerprint density at radius 3 is 2.71 bits per heavy atom. The van der Waals surface area contributed by atoms with E-state index in [4.69, 9.17) is 0 Å². The number of amides is 1. The first kappa shape index (κ1) is 10.4. The summed E-state index contributed by atoms with van der Waals surface area (Å²) in [5.74, 6) is -1.63. The van der Waals surface area contributed by atoms with Gasteiger partial charge in [-0.3, -0.25) is 4.79 Å². The van der Waals surface area contributed by atoms with Gasteiger partial charge in [-0.1, -0.05) is 0 Å². The van der Waals surface area contributed by atoms with Crippen molar-refractivity contribution >= 4 is 11.6 Å². The summed E-state index contributed by atoms with van der Waals surface area (Å²) in [6, 6.07) is 3.12. The van der Waals surface area contributed by atoms with Gasteiger partial charge in [0.25, 0.3) is 0 Å². The second kappa shape index (κ2) is 4.55. The summed E-state index contributed by atoms with van der Waals surface area (Å²) in [6.07, 6.45) is 0. The number of carbonyl (C=O) groups excluding carboxylic acids is 1. The van der Waals surface area contributed by atoms with Gasteiger partial charge in [0.15, 0.2) is 0 Å². The Morgan fingerprint density at radius 2 is 2.14 bits per heavy atom. The van der Waals surface area contributed by atoms with E-state index >= 15 is 0 Å². The molecule has 0 fully saturated rings. The number of halogens is 2. The van der Waals surface area contributed by atoms with E-state index in [9.17, 15) is 13.6 Å². The molecule has 0 aliphatic carbocycles. The summed E-state index contributed by atoms with van der Waals surface area (Å²) in [4.78, 5) is 10.8. The van der Waals surface area contributed by atoms with Gasteiger partial charge in [0.05, 0.1) is 12.2 Å². The van der Waals surface area contributed by atoms with E-state index in [1.807, 2.05) is 0 Å². The normalized spacial score (nSPS) is 9.64. The molecular formula is C9H10F2N2O. The van der Waals surface area contributed by atoms with Gasteiger partial charge in [0.1, 0.15) is 11.6 Å². The second-order valence-corrected chi connectivity index (χ2v) is 2.65. The standard InChI is InChI=1S/C9H10F2N2O/c1-12-9(14)5-13-8-3-2-6(10)4-7(8)11/h2-4,13H,5H2,1H3,(H,12,14). The molecule has 0 unspecified atom stereocenters. The van der Waals surface area contributed by atoms with E-state index in [0.717, 1.165) is 12.1 Å². The number of benzene rings is 1. The Kier molecular flexibility index (Phi) is 3.39. The van der Waals surface area contributed by atoms with Crippen molar-refractivity contribution in [1.29, 1.82) is 0 Å². The molecule has 0 aliphatic heterocycles. The number of carbonyl (C=O) groups is 1. The van der Waals surface area contributed by atoms with Crippen LogP contribution < -0.4 is 10.6 Å². The quantitative estimate of drug-likeness (QED) is 0.767. The largest absolute Gasteiger partial charge is 0.374 e. The lowest BCUT2D eigenvalue weighted by atomic mass is 10.3. The fraction of sp³-hybridized carbons (Fsp3) is 0.222. The smallest absolute Gasteiger partial charge is 0.239 e. The van der Waals surface area contributed by atoms with Crippen molar-refractivity contribution in [2.24, 2.45) is 0 Å². The van der Waals surface area contributed by atoms with Crippen LogP contribution in [0, 0.1) is 11.6 Å². The minimum absolute atomic E-state index is 0.0426. The predicted octanol–water partition coefficient (Wildman–Crippen LogP) is 1.12. The third-order valence-corrected chi connectivity index (χ3v) is 1.65. The molecule has 1 amide bonds. The van der Waals surface area contributed by atoms with Gasteiger partial charge in [0, 0.05) is 13.1 Å². The van der Waals surface area contributed by atoms with E-state index in [1.165, 1.54) is 13.1 Å². The fourth-order valence-corrected chi connectivity index (χ4v) is 0.897. The molecule has 0 atom stereocenters. The molecule has 0 heterocycles. The zero-order chi connectivity index (χ0) is 10.6. The molecule has 3 nitrogen and oxygen atoms in total. The van der Waals surface area contributed by atoms with Crippen molar-refractivity contribution in [3.63, 3.8) is 0 Å². The average molecular weight is 200 g/mol. The van der Waals surface area contributed by atoms with Crippen molar-refractivity contribution in [3.8, 4) is 0 Å². The number of hydrogen-bond acceptors (Lipinski definition) is 2. The lowest BCUT2D eigenvalue weighted by molar-refractivity contribution is -0.118. The summed E-state index contributed by atoms with van der Waals surface area (Å²) in [7, 11) is 1.48. The Morgan fingerprint density at radius 1 is 1.43 bits per heavy atom. The van der Waals surface area contributed by atoms with Gasteiger partial charge < -0.3 is 10.6 Å². The first-order chi connectivity index (χ1) is 6.63. The van der Waals surface area contributed by atoms with Crippen LogP contribution in [-0.2, 0) is 4.79 Å². The first-order valence-corrected chi connectivity index (χ1v) is 4.03. The van der Waals surface area contributed by atoms with Gasteiger partial charge in [-0.15, -0.1) is 0 Å². The maximum Gasteiger partial charge on any atom is 0.239 e. The Balaban J connectivity index is 2.63. The lowest BCUT2D eigenvalue weighted by Crippen LogP contribution is -2.26. The van der Waals surface area contributed by atoms with E-state index in [0.29, 0.717) is 0 Å². The highest BCUT2D eigenvalue weighted by Gasteiger charge is 2.04. The molecule has 76 valence electrons. The van der Waals surface area contributed by atoms with Crippen LogP contribution >= 0.6 is 0 Å². The molecule has 0 aromatic heterocycles. The maximum absolute atomic E-state index is 13.0. The van der Waals surface area contributed by atoms with Gasteiger partial charge in [-0.25, -0.2) is 8.78 Å². The minimum atomic E-state index is -0.714. The summed E-state index contributed by atoms with van der Waals surface area (Å²) >= 11 is 0. The molecular weight excluding hydrogens is 190 g/mol. The highest BCUT2D eigenvalue weighted by Crippen LogP contribution is 2.14. The number of nitrogens with one attached hydrogen (secondary N) is 2. The molecule has 0 spiro atoms. The van der Waals surface area contributed by atoms with E-state index < -0.39 is 11.6 Å². The molecule has 0 saturated carbocycles. The molecule has 14 heavy (non-hydrogen) atoms. The maximum atomic E-state index is 13.0. The topological polar surface area (TPSA) is 41.1 Å². The number of anilines is 1. The van der Waals surface area contributed by atoms with Crippen LogP contribution in [0.1, 0.15) is 0 Å². The molecule has 5 heteroatoms. The highest BCUT2D eigenvalue weighted by atomic mass is 19.1. The molecule has 0 aliphatic rings. The van der Waals surface area contributed by atoms with E-state index in [-0.39, 0.29) is 18.1 Å². The molecule has 1 rings (SSSR count). The van der Waals surface area contributed by atoms with Crippen molar-refractivity contribution in [2.45, 2.75) is 0 Å². The number of rotatable bonds is 3. The highest BCUT2D eigenvalue weighted by molar-refractivity contribution is 5.80. The molecule has 1 aromatic carbocycles. The first-order valence-electron chi connectivity index (χ1n) is 4.03. The van der Waals surface area contributed by atoms with Crippen LogP contribution in [0.15, 0.2) is 18.2 Å². The summed E-state index contributed by atoms with van der Waals surface area (Å²) < 4.78 is 25.4. The van der Waals surface area contributed by atoms with Gasteiger partial charge in [0.2, 0.25) is 5.91 Å². The fourth-order valence-electron chi connectivity index (χ4n) is 0.897. The van der Waals surface area contributed by atoms with Crippen LogP contribution in [0.4, 0.5) is 14.5 Å². The van der Waals surface area contributed by atoms with Crippen LogP contribution in [0.25, 0.3) is 0 Å².